The van der Waals surface area contributed by atoms with Gasteiger partial charge in [0.1, 0.15) is 0 Å². The zero-order chi connectivity index (χ0) is 13.6. The summed E-state index contributed by atoms with van der Waals surface area (Å²) in [6.45, 7) is 3.49. The molecule has 1 N–H and O–H groups in total. The van der Waals surface area contributed by atoms with E-state index in [4.69, 9.17) is 0 Å². The molecule has 3 aliphatic heterocycles. The van der Waals surface area contributed by atoms with Crippen molar-refractivity contribution >= 4 is 10.2 Å². The summed E-state index contributed by atoms with van der Waals surface area (Å²) in [7, 11) is -3.31. The number of hydrogen-bond acceptors (Lipinski definition) is 3. The molecule has 0 saturated carbocycles. The van der Waals surface area contributed by atoms with Gasteiger partial charge in [-0.25, -0.2) is 0 Å². The van der Waals surface area contributed by atoms with Crippen LogP contribution in [0.1, 0.15) is 45.4 Å². The first-order valence-electron chi connectivity index (χ1n) is 7.45. The van der Waals surface area contributed by atoms with Crippen molar-refractivity contribution in [3.8, 4) is 0 Å². The fraction of sp³-hybridized carbons (Fsp3) is 1.00. The summed E-state index contributed by atoms with van der Waals surface area (Å²) in [6, 6.07) is 0.0520. The second kappa shape index (κ2) is 4.98. The van der Waals surface area contributed by atoms with Crippen LogP contribution < -0.4 is 0 Å². The minimum atomic E-state index is -3.31. The van der Waals surface area contributed by atoms with E-state index in [1.807, 2.05) is 0 Å². The van der Waals surface area contributed by atoms with Crippen LogP contribution in [-0.4, -0.2) is 53.4 Å². The lowest BCUT2D eigenvalue weighted by Gasteiger charge is -2.40. The van der Waals surface area contributed by atoms with E-state index < -0.39 is 10.2 Å². The fourth-order valence-corrected chi connectivity index (χ4v) is 5.91. The first-order chi connectivity index (χ1) is 8.98. The summed E-state index contributed by atoms with van der Waals surface area (Å²) in [5.41, 5.74) is 0. The molecular formula is C13H24N2O3S. The van der Waals surface area contributed by atoms with Gasteiger partial charge in [0, 0.05) is 25.2 Å². The lowest BCUT2D eigenvalue weighted by atomic mass is 10.0. The molecule has 5 nitrogen and oxygen atoms in total. The molecule has 0 spiro atoms. The molecule has 0 radical (unpaired) electrons. The van der Waals surface area contributed by atoms with Gasteiger partial charge in [-0.15, -0.1) is 0 Å². The molecule has 19 heavy (non-hydrogen) atoms. The van der Waals surface area contributed by atoms with E-state index in [2.05, 4.69) is 6.92 Å². The van der Waals surface area contributed by atoms with Crippen molar-refractivity contribution in [1.82, 2.24) is 8.61 Å². The Kier molecular flexibility index (Phi) is 3.62. The normalized spacial score (nSPS) is 38.7. The topological polar surface area (TPSA) is 60.9 Å². The van der Waals surface area contributed by atoms with E-state index >= 15 is 0 Å². The molecule has 3 aliphatic rings. The van der Waals surface area contributed by atoms with Crippen LogP contribution >= 0.6 is 0 Å². The summed E-state index contributed by atoms with van der Waals surface area (Å²) in [5, 5.41) is 9.78. The molecule has 6 heteroatoms. The number of hydrogen-bond donors (Lipinski definition) is 1. The highest BCUT2D eigenvalue weighted by Gasteiger charge is 2.48. The fourth-order valence-electron chi connectivity index (χ4n) is 3.83. The second-order valence-corrected chi connectivity index (χ2v) is 8.26. The van der Waals surface area contributed by atoms with Crippen LogP contribution in [0.3, 0.4) is 0 Å². The Labute approximate surface area is 115 Å². The molecule has 0 aromatic carbocycles. The maximum Gasteiger partial charge on any atom is 0.282 e. The number of fused-ring (bicyclic) bond motifs is 2. The number of piperidine rings is 2. The molecule has 2 atom stereocenters. The third-order valence-corrected chi connectivity index (χ3v) is 7.12. The summed E-state index contributed by atoms with van der Waals surface area (Å²) in [6.07, 6.45) is 4.65. The lowest BCUT2D eigenvalue weighted by molar-refractivity contribution is 0.0728. The van der Waals surface area contributed by atoms with E-state index in [1.165, 1.54) is 0 Å². The van der Waals surface area contributed by atoms with E-state index in [9.17, 15) is 13.5 Å². The average Bonchev–Trinajstić information content (AvgIpc) is 2.64. The molecule has 0 amide bonds. The van der Waals surface area contributed by atoms with E-state index in [1.54, 1.807) is 8.61 Å². The smallest absolute Gasteiger partial charge is 0.282 e. The van der Waals surface area contributed by atoms with Gasteiger partial charge in [-0.1, -0.05) is 6.92 Å². The minimum absolute atomic E-state index is 0.0260. The third kappa shape index (κ3) is 2.44. The van der Waals surface area contributed by atoms with Gasteiger partial charge in [-0.05, 0) is 44.4 Å². The average molecular weight is 288 g/mol. The van der Waals surface area contributed by atoms with Crippen molar-refractivity contribution in [3.63, 3.8) is 0 Å². The number of aliphatic hydroxyl groups excluding tert-OH is 1. The molecule has 3 saturated heterocycles. The summed E-state index contributed by atoms with van der Waals surface area (Å²) in [5.74, 6) is 0.631. The van der Waals surface area contributed by atoms with Gasteiger partial charge < -0.3 is 5.11 Å². The van der Waals surface area contributed by atoms with Gasteiger partial charge >= 0.3 is 0 Å². The van der Waals surface area contributed by atoms with Crippen molar-refractivity contribution < 1.29 is 13.5 Å². The molecule has 110 valence electrons. The highest BCUT2D eigenvalue weighted by molar-refractivity contribution is 7.86. The highest BCUT2D eigenvalue weighted by atomic mass is 32.2. The Morgan fingerprint density at radius 3 is 2.05 bits per heavy atom. The third-order valence-electron chi connectivity index (χ3n) is 4.98. The van der Waals surface area contributed by atoms with Crippen LogP contribution in [0.5, 0.6) is 0 Å². The predicted octanol–water partition coefficient (Wildman–Crippen LogP) is 0.951. The van der Waals surface area contributed by atoms with Gasteiger partial charge in [-0.3, -0.25) is 0 Å². The van der Waals surface area contributed by atoms with Crippen molar-refractivity contribution in [3.05, 3.63) is 0 Å². The predicted molar refractivity (Wildman–Crippen MR) is 72.8 cm³/mol. The molecule has 0 aliphatic carbocycles. The quantitative estimate of drug-likeness (QED) is 0.823. The number of aliphatic hydroxyl groups is 1. The summed E-state index contributed by atoms with van der Waals surface area (Å²) < 4.78 is 29.0. The van der Waals surface area contributed by atoms with Crippen molar-refractivity contribution in [2.24, 2.45) is 5.92 Å². The summed E-state index contributed by atoms with van der Waals surface area (Å²) in [4.78, 5) is 0. The highest BCUT2D eigenvalue weighted by Crippen LogP contribution is 2.39. The summed E-state index contributed by atoms with van der Waals surface area (Å²) >= 11 is 0. The maximum atomic E-state index is 12.8. The van der Waals surface area contributed by atoms with Gasteiger partial charge in [0.05, 0.1) is 6.10 Å². The molecule has 3 heterocycles. The number of rotatable bonds is 2. The standard InChI is InChI=1S/C13H24N2O3S/c1-10-4-6-14(7-5-10)19(17,18)15-11-2-3-12(15)9-13(16)8-11/h10-13,16H,2-9H2,1H3. The van der Waals surface area contributed by atoms with E-state index in [0.717, 1.165) is 25.7 Å². The Morgan fingerprint density at radius 1 is 1.00 bits per heavy atom. The number of nitrogens with zero attached hydrogens (tertiary/aromatic N) is 2. The SMILES string of the molecule is CC1CCN(S(=O)(=O)N2C3CCC2CC(O)C3)CC1. The van der Waals surface area contributed by atoms with E-state index in [0.29, 0.717) is 31.8 Å². The second-order valence-electron chi connectivity index (χ2n) is 6.43. The van der Waals surface area contributed by atoms with Gasteiger partial charge in [-0.2, -0.15) is 17.0 Å². The largest absolute Gasteiger partial charge is 0.393 e. The zero-order valence-corrected chi connectivity index (χ0v) is 12.3. The first-order valence-corrected chi connectivity index (χ1v) is 8.85. The maximum absolute atomic E-state index is 12.8. The first kappa shape index (κ1) is 13.8. The van der Waals surface area contributed by atoms with Crippen molar-refractivity contribution in [1.29, 1.82) is 0 Å². The van der Waals surface area contributed by atoms with Crippen LogP contribution in [-0.2, 0) is 10.2 Å². The zero-order valence-electron chi connectivity index (χ0n) is 11.5. The van der Waals surface area contributed by atoms with Gasteiger partial charge in [0.25, 0.3) is 10.2 Å². The Bertz CT molecular complexity index is 417. The van der Waals surface area contributed by atoms with E-state index in [-0.39, 0.29) is 18.2 Å². The molecule has 0 aromatic heterocycles. The molecule has 2 unspecified atom stereocenters. The van der Waals surface area contributed by atoms with Crippen LogP contribution in [0.4, 0.5) is 0 Å². The van der Waals surface area contributed by atoms with Crippen LogP contribution in [0.25, 0.3) is 0 Å². The Balaban J connectivity index is 1.78. The van der Waals surface area contributed by atoms with Crippen LogP contribution in [0, 0.1) is 5.92 Å². The van der Waals surface area contributed by atoms with Crippen LogP contribution in [0.2, 0.25) is 0 Å². The van der Waals surface area contributed by atoms with Gasteiger partial charge in [0.2, 0.25) is 0 Å². The lowest BCUT2D eigenvalue weighted by Crippen LogP contribution is -2.54. The molecule has 2 bridgehead atoms. The van der Waals surface area contributed by atoms with Gasteiger partial charge in [0.15, 0.2) is 0 Å². The Morgan fingerprint density at radius 2 is 1.53 bits per heavy atom. The monoisotopic (exact) mass is 288 g/mol. The molecule has 0 aromatic rings. The van der Waals surface area contributed by atoms with Crippen molar-refractivity contribution in [2.75, 3.05) is 13.1 Å². The molecule has 3 fully saturated rings. The molecular weight excluding hydrogens is 264 g/mol. The Hall–Kier alpha value is -0.170. The minimum Gasteiger partial charge on any atom is -0.393 e. The van der Waals surface area contributed by atoms with Crippen molar-refractivity contribution in [2.45, 2.75) is 63.6 Å². The van der Waals surface area contributed by atoms with Crippen LogP contribution in [0.15, 0.2) is 0 Å². The molecule has 3 rings (SSSR count).